The van der Waals surface area contributed by atoms with Gasteiger partial charge in [-0.15, -0.1) is 0 Å². The summed E-state index contributed by atoms with van der Waals surface area (Å²) in [5, 5.41) is 3.06. The summed E-state index contributed by atoms with van der Waals surface area (Å²) >= 11 is 0. The molecule has 0 unspecified atom stereocenters. The monoisotopic (exact) mass is 535 g/mol. The molecule has 4 aromatic rings. The molecule has 0 atom stereocenters. The summed E-state index contributed by atoms with van der Waals surface area (Å²) in [6.45, 7) is 13.0. The SMILES string of the molecule is Cc1c(NC(=O)c2ccc(C(C)(C)C)cc2)cccc1-c1ncnc(Cc2ccc(CN3CCOCC3)cc2)n1. The number of ether oxygens (including phenoxy) is 1. The predicted octanol–water partition coefficient (Wildman–Crippen LogP) is 5.82. The highest BCUT2D eigenvalue weighted by Gasteiger charge is 2.16. The van der Waals surface area contributed by atoms with Gasteiger partial charge in [0.25, 0.3) is 5.91 Å². The maximum absolute atomic E-state index is 13.0. The molecule has 1 N–H and O–H groups in total. The number of amides is 1. The van der Waals surface area contributed by atoms with Crippen LogP contribution in [0.2, 0.25) is 0 Å². The highest BCUT2D eigenvalue weighted by molar-refractivity contribution is 6.05. The van der Waals surface area contributed by atoms with E-state index in [0.29, 0.717) is 23.6 Å². The van der Waals surface area contributed by atoms with Gasteiger partial charge in [-0.3, -0.25) is 9.69 Å². The Morgan fingerprint density at radius 2 is 1.62 bits per heavy atom. The van der Waals surface area contributed by atoms with Gasteiger partial charge in [-0.1, -0.05) is 69.3 Å². The first-order chi connectivity index (χ1) is 19.3. The third kappa shape index (κ3) is 6.79. The predicted molar refractivity (Wildman–Crippen MR) is 158 cm³/mol. The molecule has 206 valence electrons. The molecule has 40 heavy (non-hydrogen) atoms. The average molecular weight is 536 g/mol. The molecule has 7 heteroatoms. The van der Waals surface area contributed by atoms with E-state index in [1.165, 1.54) is 11.1 Å². The molecule has 0 radical (unpaired) electrons. The molecule has 0 spiro atoms. The summed E-state index contributed by atoms with van der Waals surface area (Å²) in [6, 6.07) is 22.2. The number of nitrogens with zero attached hydrogens (tertiary/aromatic N) is 4. The second-order valence-corrected chi connectivity index (χ2v) is 11.4. The standard InChI is InChI=1S/C33H37N5O2/c1-23-28(6-5-7-29(23)36-32(39)26-12-14-27(15-13-26)33(2,3)4)31-35-22-34-30(37-31)20-24-8-10-25(11-9-24)21-38-16-18-40-19-17-38/h5-15,22H,16-21H2,1-4H3,(H,36,39). The Labute approximate surface area is 236 Å². The van der Waals surface area contributed by atoms with Crippen LogP contribution in [0.3, 0.4) is 0 Å². The Morgan fingerprint density at radius 3 is 2.33 bits per heavy atom. The van der Waals surface area contributed by atoms with Crippen LogP contribution < -0.4 is 5.32 Å². The number of rotatable bonds is 7. The largest absolute Gasteiger partial charge is 0.379 e. The molecule has 1 aromatic heterocycles. The fraction of sp³-hybridized carbons (Fsp3) is 0.333. The summed E-state index contributed by atoms with van der Waals surface area (Å²) < 4.78 is 5.45. The summed E-state index contributed by atoms with van der Waals surface area (Å²) in [6.07, 6.45) is 2.18. The third-order valence-corrected chi connectivity index (χ3v) is 7.35. The number of hydrogen-bond acceptors (Lipinski definition) is 6. The Kier molecular flexibility index (Phi) is 8.33. The van der Waals surface area contributed by atoms with Crippen molar-refractivity contribution < 1.29 is 9.53 Å². The molecule has 0 saturated carbocycles. The van der Waals surface area contributed by atoms with E-state index < -0.39 is 0 Å². The van der Waals surface area contributed by atoms with Crippen LogP contribution in [-0.4, -0.2) is 52.1 Å². The molecular formula is C33H37N5O2. The van der Waals surface area contributed by atoms with E-state index in [1.54, 1.807) is 6.33 Å². The molecule has 3 aromatic carbocycles. The maximum atomic E-state index is 13.0. The van der Waals surface area contributed by atoms with Gasteiger partial charge < -0.3 is 10.1 Å². The van der Waals surface area contributed by atoms with Crippen LogP contribution in [-0.2, 0) is 23.1 Å². The Balaban J connectivity index is 1.27. The number of carbonyl (C=O) groups excluding carboxylic acids is 1. The number of aromatic nitrogens is 3. The fourth-order valence-electron chi connectivity index (χ4n) is 4.84. The molecule has 7 nitrogen and oxygen atoms in total. The van der Waals surface area contributed by atoms with E-state index in [9.17, 15) is 4.79 Å². The molecule has 0 bridgehead atoms. The van der Waals surface area contributed by atoms with Gasteiger partial charge in [-0.25, -0.2) is 15.0 Å². The lowest BCUT2D eigenvalue weighted by atomic mass is 9.86. The molecule has 1 saturated heterocycles. The van der Waals surface area contributed by atoms with Gasteiger partial charge in [0, 0.05) is 42.9 Å². The maximum Gasteiger partial charge on any atom is 0.255 e. The number of hydrogen-bond donors (Lipinski definition) is 1. The van der Waals surface area contributed by atoms with Crippen molar-refractivity contribution in [1.29, 1.82) is 0 Å². The van der Waals surface area contributed by atoms with Gasteiger partial charge >= 0.3 is 0 Å². The van der Waals surface area contributed by atoms with Gasteiger partial charge in [0.2, 0.25) is 0 Å². The topological polar surface area (TPSA) is 80.2 Å². The lowest BCUT2D eigenvalue weighted by molar-refractivity contribution is 0.0342. The molecule has 1 amide bonds. The zero-order valence-electron chi connectivity index (χ0n) is 23.8. The first kappa shape index (κ1) is 27.6. The van der Waals surface area contributed by atoms with E-state index in [1.807, 2.05) is 49.4 Å². The third-order valence-electron chi connectivity index (χ3n) is 7.35. The van der Waals surface area contributed by atoms with Gasteiger partial charge in [0.1, 0.15) is 12.2 Å². The molecule has 1 aliphatic heterocycles. The zero-order valence-corrected chi connectivity index (χ0v) is 23.8. The highest BCUT2D eigenvalue weighted by Crippen LogP contribution is 2.27. The van der Waals surface area contributed by atoms with Gasteiger partial charge in [-0.05, 0) is 52.8 Å². The quantitative estimate of drug-likeness (QED) is 0.321. The first-order valence-electron chi connectivity index (χ1n) is 13.8. The Hall–Kier alpha value is -3.94. The minimum absolute atomic E-state index is 0.0375. The number of nitrogens with one attached hydrogen (secondary N) is 1. The van der Waals surface area contributed by atoms with E-state index in [4.69, 9.17) is 9.72 Å². The van der Waals surface area contributed by atoms with Gasteiger partial charge in [0.15, 0.2) is 5.82 Å². The van der Waals surface area contributed by atoms with Crippen LogP contribution >= 0.6 is 0 Å². The minimum Gasteiger partial charge on any atom is -0.379 e. The van der Waals surface area contributed by atoms with Crippen LogP contribution in [0, 0.1) is 6.92 Å². The van der Waals surface area contributed by atoms with Crippen LogP contribution in [0.25, 0.3) is 11.4 Å². The van der Waals surface area contributed by atoms with Crippen molar-refractivity contribution in [3.63, 3.8) is 0 Å². The molecular weight excluding hydrogens is 498 g/mol. The zero-order chi connectivity index (χ0) is 28.1. The highest BCUT2D eigenvalue weighted by atomic mass is 16.5. The van der Waals surface area contributed by atoms with Crippen molar-refractivity contribution in [1.82, 2.24) is 19.9 Å². The Morgan fingerprint density at radius 1 is 0.925 bits per heavy atom. The first-order valence-corrected chi connectivity index (χ1v) is 13.8. The van der Waals surface area contributed by atoms with E-state index in [-0.39, 0.29) is 11.3 Å². The fourth-order valence-corrected chi connectivity index (χ4v) is 4.84. The van der Waals surface area contributed by atoms with E-state index in [2.05, 4.69) is 65.2 Å². The average Bonchev–Trinajstić information content (AvgIpc) is 2.95. The van der Waals surface area contributed by atoms with Crippen LogP contribution in [0.15, 0.2) is 73.1 Å². The number of benzene rings is 3. The number of carbonyl (C=O) groups is 1. The number of morpholine rings is 1. The summed E-state index contributed by atoms with van der Waals surface area (Å²) in [7, 11) is 0. The van der Waals surface area contributed by atoms with Crippen molar-refractivity contribution in [2.45, 2.75) is 46.1 Å². The summed E-state index contributed by atoms with van der Waals surface area (Å²) in [5.41, 5.74) is 6.81. The van der Waals surface area contributed by atoms with Crippen LogP contribution in [0.1, 0.15) is 59.2 Å². The van der Waals surface area contributed by atoms with Crippen molar-refractivity contribution in [2.75, 3.05) is 31.6 Å². The molecule has 5 rings (SSSR count). The normalized spacial score (nSPS) is 14.2. The number of anilines is 1. The van der Waals surface area contributed by atoms with Gasteiger partial charge in [-0.2, -0.15) is 0 Å². The second kappa shape index (κ2) is 12.1. The van der Waals surface area contributed by atoms with Crippen molar-refractivity contribution in [2.24, 2.45) is 0 Å². The van der Waals surface area contributed by atoms with Crippen LogP contribution in [0.4, 0.5) is 5.69 Å². The molecule has 1 aliphatic rings. The van der Waals surface area contributed by atoms with Crippen LogP contribution in [0.5, 0.6) is 0 Å². The lowest BCUT2D eigenvalue weighted by Crippen LogP contribution is -2.35. The van der Waals surface area contributed by atoms with E-state index >= 15 is 0 Å². The smallest absolute Gasteiger partial charge is 0.255 e. The van der Waals surface area contributed by atoms with Crippen molar-refractivity contribution in [3.05, 3.63) is 107 Å². The molecule has 0 aliphatic carbocycles. The molecule has 1 fully saturated rings. The van der Waals surface area contributed by atoms with Crippen molar-refractivity contribution >= 4 is 11.6 Å². The summed E-state index contributed by atoms with van der Waals surface area (Å²) in [5.74, 6) is 1.16. The molecule has 2 heterocycles. The van der Waals surface area contributed by atoms with E-state index in [0.717, 1.165) is 55.2 Å². The van der Waals surface area contributed by atoms with Crippen molar-refractivity contribution in [3.8, 4) is 11.4 Å². The Bertz CT molecular complexity index is 1450. The minimum atomic E-state index is -0.144. The summed E-state index contributed by atoms with van der Waals surface area (Å²) in [4.78, 5) is 29.1. The second-order valence-electron chi connectivity index (χ2n) is 11.4. The van der Waals surface area contributed by atoms with Gasteiger partial charge in [0.05, 0.1) is 13.2 Å². The lowest BCUT2D eigenvalue weighted by Gasteiger charge is -2.26.